The molecule has 1 fully saturated rings. The molecule has 2 N–H and O–H groups in total. The number of aromatic hydroxyl groups is 1. The minimum atomic E-state index is -0.0211. The van der Waals surface area contributed by atoms with Crippen molar-refractivity contribution in [2.75, 3.05) is 27.3 Å². The highest BCUT2D eigenvalue weighted by Crippen LogP contribution is 2.39. The zero-order valence-electron chi connectivity index (χ0n) is 15.2. The Morgan fingerprint density at radius 3 is 2.65 bits per heavy atom. The van der Waals surface area contributed by atoms with Crippen LogP contribution in [0.2, 0.25) is 0 Å². The van der Waals surface area contributed by atoms with Crippen molar-refractivity contribution in [3.05, 3.63) is 34.5 Å². The second-order valence-corrected chi connectivity index (χ2v) is 7.56. The highest BCUT2D eigenvalue weighted by Gasteiger charge is 2.36. The normalized spacial score (nSPS) is 16.3. The lowest BCUT2D eigenvalue weighted by Crippen LogP contribution is -3.10. The Morgan fingerprint density at radius 1 is 1.23 bits per heavy atom. The molecule has 0 aliphatic carbocycles. The predicted molar refractivity (Wildman–Crippen MR) is 98.6 cm³/mol. The molecule has 26 heavy (non-hydrogen) atoms. The van der Waals surface area contributed by atoms with Crippen LogP contribution in [-0.2, 0) is 0 Å². The number of ether oxygens (including phenoxy) is 2. The second-order valence-electron chi connectivity index (χ2n) is 6.55. The van der Waals surface area contributed by atoms with Crippen molar-refractivity contribution >= 4 is 16.3 Å². The Morgan fingerprint density at radius 2 is 2.00 bits per heavy atom. The van der Waals surface area contributed by atoms with Crippen LogP contribution >= 0.6 is 11.3 Å². The molecule has 1 atom stereocenters. The average Bonchev–Trinajstić information content (AvgIpc) is 3.35. The van der Waals surface area contributed by atoms with Crippen molar-refractivity contribution in [2.45, 2.75) is 25.8 Å². The minimum absolute atomic E-state index is 0.0211. The quantitative estimate of drug-likeness (QED) is 0.709. The summed E-state index contributed by atoms with van der Waals surface area (Å²) in [5.41, 5.74) is 1.04. The number of benzene rings is 1. The van der Waals surface area contributed by atoms with Gasteiger partial charge in [-0.2, -0.15) is 4.52 Å². The topological polar surface area (TPSA) is 73.3 Å². The molecular weight excluding hydrogens is 352 g/mol. The highest BCUT2D eigenvalue weighted by molar-refractivity contribution is 7.17. The van der Waals surface area contributed by atoms with Crippen LogP contribution in [0.15, 0.2) is 18.2 Å². The first kappa shape index (κ1) is 17.1. The van der Waals surface area contributed by atoms with Crippen molar-refractivity contribution in [3.63, 3.8) is 0 Å². The van der Waals surface area contributed by atoms with Crippen molar-refractivity contribution in [2.24, 2.45) is 0 Å². The Kier molecular flexibility index (Phi) is 4.46. The first-order valence-corrected chi connectivity index (χ1v) is 9.55. The van der Waals surface area contributed by atoms with Gasteiger partial charge in [0.25, 0.3) is 0 Å². The Hall–Kier alpha value is -2.32. The summed E-state index contributed by atoms with van der Waals surface area (Å²) >= 11 is 1.50. The standard InChI is InChI=1S/C18H22N4O3S/c1-11-19-18-22(20-11)17(23)16(26-18)15(21-8-4-5-9-21)13-7-6-12(24-2)10-14(13)25-3/h6-7,10,15,23H,4-5,8-9H2,1-3H3/p+1/t15-/m0/s1. The zero-order chi connectivity index (χ0) is 18.3. The van der Waals surface area contributed by atoms with E-state index in [-0.39, 0.29) is 11.9 Å². The molecule has 0 radical (unpaired) electrons. The van der Waals surface area contributed by atoms with Crippen LogP contribution in [0, 0.1) is 6.92 Å². The third-order valence-electron chi connectivity index (χ3n) is 4.97. The number of hydrogen-bond donors (Lipinski definition) is 2. The Balaban J connectivity index is 1.87. The molecule has 3 heterocycles. The molecule has 0 amide bonds. The van der Waals surface area contributed by atoms with Gasteiger partial charge in [0, 0.05) is 18.9 Å². The van der Waals surface area contributed by atoms with Gasteiger partial charge in [-0.05, 0) is 19.1 Å². The number of fused-ring (bicyclic) bond motifs is 1. The van der Waals surface area contributed by atoms with Gasteiger partial charge in [-0.3, -0.25) is 0 Å². The molecule has 8 heteroatoms. The van der Waals surface area contributed by atoms with Crippen molar-refractivity contribution in [1.82, 2.24) is 14.6 Å². The van der Waals surface area contributed by atoms with E-state index in [2.05, 4.69) is 10.1 Å². The third-order valence-corrected chi connectivity index (χ3v) is 6.06. The van der Waals surface area contributed by atoms with Gasteiger partial charge >= 0.3 is 0 Å². The molecule has 1 aliphatic heterocycles. The number of nitrogens with zero attached hydrogens (tertiary/aromatic N) is 3. The third kappa shape index (κ3) is 2.79. The highest BCUT2D eigenvalue weighted by atomic mass is 32.1. The van der Waals surface area contributed by atoms with Gasteiger partial charge in [0.15, 0.2) is 6.04 Å². The van der Waals surface area contributed by atoms with E-state index in [9.17, 15) is 5.11 Å². The maximum atomic E-state index is 10.9. The Bertz CT molecular complexity index is 930. The molecule has 1 saturated heterocycles. The fraction of sp³-hybridized carbons (Fsp3) is 0.444. The van der Waals surface area contributed by atoms with E-state index in [0.717, 1.165) is 35.0 Å². The number of aromatic nitrogens is 3. The molecule has 1 aliphatic rings. The van der Waals surface area contributed by atoms with Crippen LogP contribution in [0.25, 0.3) is 4.96 Å². The fourth-order valence-corrected chi connectivity index (χ4v) is 4.93. The van der Waals surface area contributed by atoms with Crippen LogP contribution in [0.5, 0.6) is 17.4 Å². The molecule has 0 bridgehead atoms. The molecule has 138 valence electrons. The van der Waals surface area contributed by atoms with Crippen LogP contribution in [0.3, 0.4) is 0 Å². The second kappa shape index (κ2) is 6.77. The monoisotopic (exact) mass is 375 g/mol. The summed E-state index contributed by atoms with van der Waals surface area (Å²) in [5.74, 6) is 2.35. The number of thiazole rings is 1. The molecule has 0 unspecified atom stereocenters. The molecule has 3 aromatic rings. The zero-order valence-corrected chi connectivity index (χ0v) is 16.0. The van der Waals surface area contributed by atoms with Gasteiger partial charge in [0.2, 0.25) is 10.8 Å². The van der Waals surface area contributed by atoms with Crippen LogP contribution in [0.4, 0.5) is 0 Å². The van der Waals surface area contributed by atoms with Crippen LogP contribution < -0.4 is 14.4 Å². The molecule has 0 saturated carbocycles. The maximum Gasteiger partial charge on any atom is 0.235 e. The van der Waals surface area contributed by atoms with Crippen molar-refractivity contribution in [3.8, 4) is 17.4 Å². The summed E-state index contributed by atoms with van der Waals surface area (Å²) in [6.45, 7) is 3.95. The molecule has 4 rings (SSSR count). The number of aryl methyl sites for hydroxylation is 1. The van der Waals surface area contributed by atoms with Gasteiger partial charge in [-0.1, -0.05) is 11.3 Å². The maximum absolute atomic E-state index is 10.9. The summed E-state index contributed by atoms with van der Waals surface area (Å²) in [6.07, 6.45) is 2.37. The predicted octanol–water partition coefficient (Wildman–Crippen LogP) is 1.59. The summed E-state index contributed by atoms with van der Waals surface area (Å²) in [6, 6.07) is 5.86. The van der Waals surface area contributed by atoms with Gasteiger partial charge in [0.1, 0.15) is 22.2 Å². The van der Waals surface area contributed by atoms with E-state index in [1.165, 1.54) is 33.6 Å². The summed E-state index contributed by atoms with van der Waals surface area (Å²) in [4.78, 5) is 7.43. The van der Waals surface area contributed by atoms with Crippen molar-refractivity contribution in [1.29, 1.82) is 0 Å². The number of quaternary nitrogens is 1. The number of hydrogen-bond acceptors (Lipinski definition) is 6. The van der Waals surface area contributed by atoms with Crippen LogP contribution in [0.1, 0.15) is 35.1 Å². The molecule has 0 spiro atoms. The minimum Gasteiger partial charge on any atom is -0.497 e. The summed E-state index contributed by atoms with van der Waals surface area (Å²) < 4.78 is 12.5. The van der Waals surface area contributed by atoms with Crippen LogP contribution in [-0.4, -0.2) is 47.0 Å². The SMILES string of the molecule is COc1ccc([C@@H](c2sc3nc(C)nn3c2O)[NH+]2CCCC2)c(OC)c1. The van der Waals surface area contributed by atoms with Gasteiger partial charge in [0.05, 0.1) is 32.9 Å². The van der Waals surface area contributed by atoms with E-state index >= 15 is 0 Å². The van der Waals surface area contributed by atoms with Gasteiger partial charge in [-0.25, -0.2) is 4.98 Å². The number of likely N-dealkylation sites (tertiary alicyclic amines) is 1. The lowest BCUT2D eigenvalue weighted by molar-refractivity contribution is -0.913. The van der Waals surface area contributed by atoms with E-state index in [1.807, 2.05) is 25.1 Å². The number of rotatable bonds is 5. The van der Waals surface area contributed by atoms with E-state index in [4.69, 9.17) is 9.47 Å². The first-order chi connectivity index (χ1) is 12.6. The summed E-state index contributed by atoms with van der Waals surface area (Å²) in [5, 5.41) is 15.2. The molecule has 2 aromatic heterocycles. The molecule has 7 nitrogen and oxygen atoms in total. The number of nitrogens with one attached hydrogen (secondary N) is 1. The van der Waals surface area contributed by atoms with E-state index in [1.54, 1.807) is 14.2 Å². The molecular formula is C18H23N4O3S+. The smallest absolute Gasteiger partial charge is 0.235 e. The first-order valence-electron chi connectivity index (χ1n) is 8.74. The molecule has 1 aromatic carbocycles. The van der Waals surface area contributed by atoms with E-state index < -0.39 is 0 Å². The lowest BCUT2D eigenvalue weighted by atomic mass is 10.0. The van der Waals surface area contributed by atoms with E-state index in [0.29, 0.717) is 10.8 Å². The summed E-state index contributed by atoms with van der Waals surface area (Å²) in [7, 11) is 3.31. The Labute approximate surface area is 155 Å². The van der Waals surface area contributed by atoms with Gasteiger partial charge < -0.3 is 19.5 Å². The number of methoxy groups -OCH3 is 2. The lowest BCUT2D eigenvalue weighted by Gasteiger charge is -2.25. The fourth-order valence-electron chi connectivity index (χ4n) is 3.76. The average molecular weight is 375 g/mol. The van der Waals surface area contributed by atoms with Gasteiger partial charge in [-0.15, -0.1) is 5.10 Å². The largest absolute Gasteiger partial charge is 0.497 e. The van der Waals surface area contributed by atoms with Crippen molar-refractivity contribution < 1.29 is 19.5 Å².